The van der Waals surface area contributed by atoms with Crippen molar-refractivity contribution in [2.75, 3.05) is 50.8 Å². The summed E-state index contributed by atoms with van der Waals surface area (Å²) in [5.41, 5.74) is 4.46. The molecule has 0 aliphatic carbocycles. The molecule has 6 heteroatoms. The predicted molar refractivity (Wildman–Crippen MR) is 152 cm³/mol. The van der Waals surface area contributed by atoms with Crippen LogP contribution in [0.5, 0.6) is 0 Å². The molecule has 2 aromatic rings. The number of hydrogen-bond acceptors (Lipinski definition) is 4. The number of hydrogen-bond donors (Lipinski definition) is 1. The Morgan fingerprint density at radius 1 is 1.14 bits per heavy atom. The van der Waals surface area contributed by atoms with E-state index in [4.69, 9.17) is 9.72 Å². The van der Waals surface area contributed by atoms with Gasteiger partial charge in [0.2, 0.25) is 0 Å². The fourth-order valence-corrected chi connectivity index (χ4v) is 5.04. The predicted octanol–water partition coefficient (Wildman–Crippen LogP) is 3.64. The summed E-state index contributed by atoms with van der Waals surface area (Å²) in [6.45, 7) is 27.2. The molecule has 1 aliphatic heterocycles. The van der Waals surface area contributed by atoms with Gasteiger partial charge in [0.05, 0.1) is 19.0 Å². The first-order valence-electron chi connectivity index (χ1n) is 14.0. The van der Waals surface area contributed by atoms with E-state index in [2.05, 4.69) is 88.4 Å². The monoisotopic (exact) mass is 533 g/mol. The van der Waals surface area contributed by atoms with Crippen LogP contribution in [0.25, 0.3) is 11.3 Å². The van der Waals surface area contributed by atoms with Gasteiger partial charge >= 0.3 is 51.4 Å². The number of nitrogens with one attached hydrogen (secondary N) is 1. The Labute approximate surface area is 269 Å². The fraction of sp³-hybridized carbons (Fsp3) is 0.677. The quantitative estimate of drug-likeness (QED) is 0.315. The SMILES string of the molecule is [CH2-]c1[nH]c(CCCC)nc1-c1[c-]ccc(N2CCN(CC(C)(C)COCC(C)(C)C(C)CC)CC2)c1.[K+]. The molecule has 1 saturated heterocycles. The minimum Gasteiger partial charge on any atom is -0.385 e. The van der Waals surface area contributed by atoms with E-state index in [-0.39, 0.29) is 62.2 Å². The number of nitrogens with zero attached hydrogens (tertiary/aromatic N) is 3. The van der Waals surface area contributed by atoms with Crippen LogP contribution in [0, 0.1) is 29.7 Å². The summed E-state index contributed by atoms with van der Waals surface area (Å²) in [6, 6.07) is 9.80. The van der Waals surface area contributed by atoms with E-state index in [1.165, 1.54) is 12.1 Å². The van der Waals surface area contributed by atoms with Crippen LogP contribution in [0.3, 0.4) is 0 Å². The van der Waals surface area contributed by atoms with E-state index in [0.717, 1.165) is 88.0 Å². The number of anilines is 1. The number of aromatic amines is 1. The van der Waals surface area contributed by atoms with E-state index in [1.54, 1.807) is 0 Å². The van der Waals surface area contributed by atoms with Gasteiger partial charge in [-0.3, -0.25) is 9.88 Å². The van der Waals surface area contributed by atoms with E-state index in [1.807, 2.05) is 6.07 Å². The molecule has 1 aliphatic rings. The molecular weight excluding hydrogens is 483 g/mol. The minimum atomic E-state index is 0. The van der Waals surface area contributed by atoms with Crippen LogP contribution in [-0.2, 0) is 11.2 Å². The largest absolute Gasteiger partial charge is 1.00 e. The van der Waals surface area contributed by atoms with Crippen molar-refractivity contribution in [2.45, 2.75) is 74.1 Å². The fourth-order valence-electron chi connectivity index (χ4n) is 5.04. The molecule has 0 bridgehead atoms. The molecule has 2 heterocycles. The van der Waals surface area contributed by atoms with E-state index in [0.29, 0.717) is 5.92 Å². The van der Waals surface area contributed by atoms with Gasteiger partial charge in [0.25, 0.3) is 0 Å². The summed E-state index contributed by atoms with van der Waals surface area (Å²) < 4.78 is 6.25. The molecule has 0 saturated carbocycles. The van der Waals surface area contributed by atoms with Crippen LogP contribution >= 0.6 is 0 Å². The zero-order valence-electron chi connectivity index (χ0n) is 25.0. The molecule has 5 nitrogen and oxygen atoms in total. The number of imidazole rings is 1. The summed E-state index contributed by atoms with van der Waals surface area (Å²) in [6.07, 6.45) is 4.47. The second-order valence-corrected chi connectivity index (χ2v) is 12.3. The molecule has 1 unspecified atom stereocenters. The Morgan fingerprint density at radius 3 is 2.49 bits per heavy atom. The third kappa shape index (κ3) is 9.66. The first-order valence-corrected chi connectivity index (χ1v) is 14.0. The Morgan fingerprint density at radius 2 is 1.84 bits per heavy atom. The molecule has 1 atom stereocenters. The second-order valence-electron chi connectivity index (χ2n) is 12.3. The molecule has 0 radical (unpaired) electrons. The first-order chi connectivity index (χ1) is 17.0. The molecule has 0 spiro atoms. The van der Waals surface area contributed by atoms with Gasteiger partial charge in [-0.25, -0.2) is 6.92 Å². The van der Waals surface area contributed by atoms with Crippen LogP contribution < -0.4 is 56.3 Å². The molecular formula is C31H50KN4O-. The van der Waals surface area contributed by atoms with E-state index in [9.17, 15) is 0 Å². The number of aryl methyl sites for hydroxylation is 1. The standard InChI is InChI=1S/C31H50N4O.K/c1-9-11-15-28-32-25(4)29(33-28)26-13-12-14-27(20-26)35-18-16-34(17-19-35)21-30(5,6)22-36-23-31(7,8)24(3)10-2;/h12,14,20,24H,4,9-11,15-19,21-23H2,1-3,5-8H3,(H,32,33);/q-2;+1. The molecule has 3 rings (SSSR count). The maximum absolute atomic E-state index is 6.25. The summed E-state index contributed by atoms with van der Waals surface area (Å²) >= 11 is 0. The van der Waals surface area contributed by atoms with Crippen molar-refractivity contribution in [1.29, 1.82) is 0 Å². The van der Waals surface area contributed by atoms with Crippen molar-refractivity contribution in [3.63, 3.8) is 0 Å². The van der Waals surface area contributed by atoms with E-state index < -0.39 is 0 Å². The van der Waals surface area contributed by atoms with Gasteiger partial charge in [-0.2, -0.15) is 0 Å². The average Bonchev–Trinajstić information content (AvgIpc) is 3.22. The van der Waals surface area contributed by atoms with Crippen LogP contribution in [-0.4, -0.2) is 60.8 Å². The molecule has 0 amide bonds. The summed E-state index contributed by atoms with van der Waals surface area (Å²) in [7, 11) is 0. The van der Waals surface area contributed by atoms with Crippen LogP contribution in [0.4, 0.5) is 5.69 Å². The van der Waals surface area contributed by atoms with Crippen molar-refractivity contribution in [1.82, 2.24) is 14.9 Å². The minimum absolute atomic E-state index is 0. The summed E-state index contributed by atoms with van der Waals surface area (Å²) in [5.74, 6) is 1.69. The van der Waals surface area contributed by atoms with Crippen molar-refractivity contribution in [3.05, 3.63) is 42.7 Å². The van der Waals surface area contributed by atoms with Gasteiger partial charge in [-0.1, -0.05) is 67.0 Å². The molecule has 37 heavy (non-hydrogen) atoms. The van der Waals surface area contributed by atoms with Crippen LogP contribution in [0.15, 0.2) is 18.2 Å². The smallest absolute Gasteiger partial charge is 0.385 e. The average molecular weight is 534 g/mol. The van der Waals surface area contributed by atoms with Crippen LogP contribution in [0.2, 0.25) is 0 Å². The first kappa shape index (κ1) is 32.9. The number of piperazine rings is 1. The van der Waals surface area contributed by atoms with Gasteiger partial charge in [0.15, 0.2) is 0 Å². The normalized spacial score (nSPS) is 16.0. The molecule has 1 N–H and O–H groups in total. The number of ether oxygens (including phenoxy) is 1. The van der Waals surface area contributed by atoms with Crippen molar-refractivity contribution < 1.29 is 56.1 Å². The van der Waals surface area contributed by atoms with Gasteiger partial charge in [0.1, 0.15) is 0 Å². The van der Waals surface area contributed by atoms with Crippen molar-refractivity contribution >= 4 is 5.69 Å². The maximum Gasteiger partial charge on any atom is 1.00 e. The van der Waals surface area contributed by atoms with Gasteiger partial charge in [-0.15, -0.1) is 29.8 Å². The zero-order valence-corrected chi connectivity index (χ0v) is 28.2. The molecule has 202 valence electrons. The van der Waals surface area contributed by atoms with Gasteiger partial charge < -0.3 is 14.6 Å². The second kappa shape index (κ2) is 14.9. The Balaban J connectivity index is 0.00000481. The third-order valence-electron chi connectivity index (χ3n) is 7.94. The summed E-state index contributed by atoms with van der Waals surface area (Å²) in [5, 5.41) is 0. The Kier molecular flexibility index (Phi) is 13.2. The van der Waals surface area contributed by atoms with E-state index >= 15 is 0 Å². The number of unbranched alkanes of at least 4 members (excludes halogenated alkanes) is 1. The molecule has 1 aromatic carbocycles. The van der Waals surface area contributed by atoms with Crippen LogP contribution in [0.1, 0.15) is 79.2 Å². The molecule has 1 aromatic heterocycles. The number of benzene rings is 1. The number of rotatable bonds is 13. The van der Waals surface area contributed by atoms with Crippen molar-refractivity contribution in [2.24, 2.45) is 16.7 Å². The zero-order chi connectivity index (χ0) is 26.3. The maximum atomic E-state index is 6.25. The third-order valence-corrected chi connectivity index (χ3v) is 7.94. The van der Waals surface area contributed by atoms with Gasteiger partial charge in [0, 0.05) is 44.6 Å². The Hall–Kier alpha value is -0.344. The van der Waals surface area contributed by atoms with Gasteiger partial charge in [-0.05, 0) is 29.1 Å². The topological polar surface area (TPSA) is 44.4 Å². The number of aromatic nitrogens is 2. The van der Waals surface area contributed by atoms with Crippen molar-refractivity contribution in [3.8, 4) is 11.3 Å². The number of H-pyrrole nitrogens is 1. The Bertz CT molecular complexity index is 946. The summed E-state index contributed by atoms with van der Waals surface area (Å²) in [4.78, 5) is 13.3. The molecule has 1 fully saturated rings.